The smallest absolute Gasteiger partial charge is 0.313 e. The third-order valence-corrected chi connectivity index (χ3v) is 4.10. The molecule has 8 heteroatoms. The van der Waals surface area contributed by atoms with Crippen LogP contribution in [0.15, 0.2) is 6.07 Å². The van der Waals surface area contributed by atoms with Crippen LogP contribution in [0.1, 0.15) is 26.1 Å². The number of pyridine rings is 1. The summed E-state index contributed by atoms with van der Waals surface area (Å²) in [7, 11) is 0. The molecule has 1 aliphatic heterocycles. The van der Waals surface area contributed by atoms with E-state index in [0.717, 1.165) is 0 Å². The molecule has 7 nitrogen and oxygen atoms in total. The number of aromatic amines is 1. The van der Waals surface area contributed by atoms with Crippen LogP contribution in [0.2, 0.25) is 5.15 Å². The Morgan fingerprint density at radius 2 is 2.35 bits per heavy atom. The second-order valence-electron chi connectivity index (χ2n) is 5.72. The molecule has 1 saturated heterocycles. The fraction of sp³-hybridized carbons (Fsp3) is 0.533. The van der Waals surface area contributed by atoms with Crippen molar-refractivity contribution in [1.82, 2.24) is 15.0 Å². The van der Waals surface area contributed by atoms with Gasteiger partial charge in [0.1, 0.15) is 22.9 Å². The fourth-order valence-corrected chi connectivity index (χ4v) is 3.14. The molecule has 23 heavy (non-hydrogen) atoms. The van der Waals surface area contributed by atoms with Crippen LogP contribution >= 0.6 is 11.6 Å². The number of aliphatic hydroxyl groups is 1. The van der Waals surface area contributed by atoms with Crippen molar-refractivity contribution in [2.24, 2.45) is 0 Å². The van der Waals surface area contributed by atoms with Gasteiger partial charge in [-0.15, -0.1) is 0 Å². The summed E-state index contributed by atoms with van der Waals surface area (Å²) >= 11 is 6.11. The number of esters is 1. The van der Waals surface area contributed by atoms with Gasteiger partial charge < -0.3 is 19.7 Å². The highest BCUT2D eigenvalue weighted by atomic mass is 35.5. The number of carbonyl (C=O) groups excluding carboxylic acids is 1. The van der Waals surface area contributed by atoms with Crippen molar-refractivity contribution in [1.29, 1.82) is 0 Å². The predicted molar refractivity (Wildman–Crippen MR) is 86.7 cm³/mol. The van der Waals surface area contributed by atoms with E-state index in [1.807, 2.05) is 11.8 Å². The largest absolute Gasteiger partial charge is 0.466 e. The van der Waals surface area contributed by atoms with E-state index in [4.69, 9.17) is 16.3 Å². The molecule has 0 unspecified atom stereocenters. The normalized spacial score (nSPS) is 21.1. The molecular formula is C15H19ClN4O3. The van der Waals surface area contributed by atoms with Crippen molar-refractivity contribution in [3.05, 3.63) is 17.0 Å². The number of H-pyrrole nitrogens is 1. The summed E-state index contributed by atoms with van der Waals surface area (Å²) in [5, 5.41) is 10.2. The number of aromatic nitrogens is 3. The number of β-amino-alcohol motifs (C(OH)–C–C–N with tert-alkyl or cyclic N) is 1. The van der Waals surface area contributed by atoms with Crippen LogP contribution in [0.5, 0.6) is 0 Å². The summed E-state index contributed by atoms with van der Waals surface area (Å²) in [5.41, 5.74) is 1.36. The molecule has 0 aliphatic carbocycles. The maximum atomic E-state index is 11.6. The van der Waals surface area contributed by atoms with Crippen molar-refractivity contribution < 1.29 is 14.6 Å². The Morgan fingerprint density at radius 3 is 3.00 bits per heavy atom. The molecule has 1 fully saturated rings. The van der Waals surface area contributed by atoms with Gasteiger partial charge in [-0.1, -0.05) is 11.6 Å². The second kappa shape index (κ2) is 6.33. The number of aliphatic hydroxyl groups excluding tert-OH is 1. The van der Waals surface area contributed by atoms with Gasteiger partial charge in [0, 0.05) is 18.7 Å². The number of anilines is 1. The molecule has 1 aliphatic rings. The van der Waals surface area contributed by atoms with E-state index in [9.17, 15) is 9.90 Å². The van der Waals surface area contributed by atoms with Gasteiger partial charge in [-0.2, -0.15) is 0 Å². The summed E-state index contributed by atoms with van der Waals surface area (Å²) in [5.74, 6) is 0.802. The van der Waals surface area contributed by atoms with Crippen LogP contribution in [0, 0.1) is 0 Å². The summed E-state index contributed by atoms with van der Waals surface area (Å²) in [6.45, 7) is 4.61. The van der Waals surface area contributed by atoms with E-state index < -0.39 is 6.10 Å². The van der Waals surface area contributed by atoms with Crippen LogP contribution in [-0.2, 0) is 16.0 Å². The van der Waals surface area contributed by atoms with Crippen LogP contribution < -0.4 is 4.90 Å². The third kappa shape index (κ3) is 3.25. The number of nitrogens with zero attached hydrogens (tertiary/aromatic N) is 3. The first-order chi connectivity index (χ1) is 11.0. The number of imidazole rings is 1. The van der Waals surface area contributed by atoms with E-state index >= 15 is 0 Å². The molecule has 2 atom stereocenters. The summed E-state index contributed by atoms with van der Waals surface area (Å²) in [6, 6.07) is 1.82. The number of fused-ring (bicyclic) bond motifs is 1. The minimum Gasteiger partial charge on any atom is -0.466 e. The van der Waals surface area contributed by atoms with Crippen molar-refractivity contribution in [2.45, 2.75) is 38.8 Å². The van der Waals surface area contributed by atoms with E-state index in [0.29, 0.717) is 47.4 Å². The van der Waals surface area contributed by atoms with Gasteiger partial charge in [-0.25, -0.2) is 9.97 Å². The molecule has 0 saturated carbocycles. The monoisotopic (exact) mass is 338 g/mol. The molecule has 0 aromatic carbocycles. The molecular weight excluding hydrogens is 320 g/mol. The Kier molecular flexibility index (Phi) is 4.41. The average molecular weight is 339 g/mol. The summed E-state index contributed by atoms with van der Waals surface area (Å²) < 4.78 is 4.94. The molecule has 2 N–H and O–H groups in total. The van der Waals surface area contributed by atoms with Gasteiger partial charge >= 0.3 is 5.97 Å². The summed E-state index contributed by atoms with van der Waals surface area (Å²) in [6.07, 6.45) is 0.354. The van der Waals surface area contributed by atoms with Gasteiger partial charge in [0.25, 0.3) is 0 Å². The van der Waals surface area contributed by atoms with E-state index in [2.05, 4.69) is 15.0 Å². The van der Waals surface area contributed by atoms with Crippen LogP contribution in [0.4, 0.5) is 5.82 Å². The van der Waals surface area contributed by atoms with Gasteiger partial charge in [-0.05, 0) is 20.3 Å². The molecule has 2 aromatic rings. The number of nitrogens with one attached hydrogen (secondary N) is 1. The highest BCUT2D eigenvalue weighted by molar-refractivity contribution is 6.30. The minimum absolute atomic E-state index is 0.0672. The maximum Gasteiger partial charge on any atom is 0.313 e. The molecule has 0 spiro atoms. The molecule has 0 radical (unpaired) electrons. The highest BCUT2D eigenvalue weighted by Crippen LogP contribution is 2.31. The predicted octanol–water partition coefficient (Wildman–Crippen LogP) is 1.68. The standard InChI is InChI=1S/C15H19ClN4O3/c1-3-23-13(22)6-12-17-10-5-11(16)18-15(14(10)19-12)20-7-9(21)4-8(20)2/h5,8-9,21H,3-4,6-7H2,1-2H3,(H,17,19)/t8-,9-/m1/s1. The van der Waals surface area contributed by atoms with Crippen molar-refractivity contribution in [3.8, 4) is 0 Å². The highest BCUT2D eigenvalue weighted by Gasteiger charge is 2.30. The lowest BCUT2D eigenvalue weighted by molar-refractivity contribution is -0.142. The van der Waals surface area contributed by atoms with E-state index in [1.54, 1.807) is 13.0 Å². The quantitative estimate of drug-likeness (QED) is 0.651. The molecule has 0 bridgehead atoms. The molecule has 3 heterocycles. The zero-order chi connectivity index (χ0) is 16.6. The lowest BCUT2D eigenvalue weighted by atomic mass is 10.2. The zero-order valence-electron chi connectivity index (χ0n) is 13.0. The van der Waals surface area contributed by atoms with E-state index in [-0.39, 0.29) is 18.4 Å². The molecule has 3 rings (SSSR count). The Hall–Kier alpha value is -1.86. The molecule has 0 amide bonds. The van der Waals surface area contributed by atoms with Crippen molar-refractivity contribution in [2.75, 3.05) is 18.1 Å². The summed E-state index contributed by atoms with van der Waals surface area (Å²) in [4.78, 5) is 25.6. The van der Waals surface area contributed by atoms with Gasteiger partial charge in [0.2, 0.25) is 0 Å². The Labute approximate surface area is 138 Å². The van der Waals surface area contributed by atoms with Crippen LogP contribution in [0.25, 0.3) is 11.0 Å². The van der Waals surface area contributed by atoms with E-state index in [1.165, 1.54) is 0 Å². The minimum atomic E-state index is -0.390. The lowest BCUT2D eigenvalue weighted by Crippen LogP contribution is -2.28. The Morgan fingerprint density at radius 1 is 1.57 bits per heavy atom. The molecule has 2 aromatic heterocycles. The first-order valence-corrected chi connectivity index (χ1v) is 8.01. The first kappa shape index (κ1) is 16.0. The maximum absolute atomic E-state index is 11.6. The number of hydrogen-bond acceptors (Lipinski definition) is 6. The Balaban J connectivity index is 1.98. The SMILES string of the molecule is CCOC(=O)Cc1nc2c(N3C[C@H](O)C[C@H]3C)nc(Cl)cc2[nH]1. The Bertz CT molecular complexity index is 733. The first-order valence-electron chi connectivity index (χ1n) is 7.63. The number of halogens is 1. The van der Waals surface area contributed by atoms with Crippen LogP contribution in [-0.4, -0.2) is 51.3 Å². The van der Waals surface area contributed by atoms with Gasteiger partial charge in [0.15, 0.2) is 5.82 Å². The van der Waals surface area contributed by atoms with Crippen molar-refractivity contribution in [3.63, 3.8) is 0 Å². The number of carbonyl (C=O) groups is 1. The fourth-order valence-electron chi connectivity index (χ4n) is 2.95. The van der Waals surface area contributed by atoms with Crippen molar-refractivity contribution >= 4 is 34.4 Å². The number of hydrogen-bond donors (Lipinski definition) is 2. The zero-order valence-corrected chi connectivity index (χ0v) is 13.8. The number of ether oxygens (including phenoxy) is 1. The van der Waals surface area contributed by atoms with Gasteiger partial charge in [0.05, 0.1) is 18.2 Å². The van der Waals surface area contributed by atoms with Crippen LogP contribution in [0.3, 0.4) is 0 Å². The van der Waals surface area contributed by atoms with Gasteiger partial charge in [-0.3, -0.25) is 4.79 Å². The average Bonchev–Trinajstić information content (AvgIpc) is 3.00. The lowest BCUT2D eigenvalue weighted by Gasteiger charge is -2.22. The topological polar surface area (TPSA) is 91.3 Å². The molecule has 124 valence electrons. The number of rotatable bonds is 4. The third-order valence-electron chi connectivity index (χ3n) is 3.91. The second-order valence-corrected chi connectivity index (χ2v) is 6.11.